The van der Waals surface area contributed by atoms with Crippen LogP contribution in [0, 0.1) is 11.3 Å². The highest BCUT2D eigenvalue weighted by Crippen LogP contribution is 2.38. The molecule has 0 unspecified atom stereocenters. The molecule has 1 aliphatic rings. The minimum atomic E-state index is -2.71. The van der Waals surface area contributed by atoms with E-state index in [4.69, 9.17) is 23.9 Å². The van der Waals surface area contributed by atoms with Crippen LogP contribution in [0.25, 0.3) is 10.8 Å². The number of nitrogen functional groups attached to an aromatic ring is 1. The molecule has 0 aromatic heterocycles. The Balaban J connectivity index is 2.28. The van der Waals surface area contributed by atoms with Gasteiger partial charge in [-0.05, 0) is 56.7 Å². The second kappa shape index (κ2) is 5.40. The van der Waals surface area contributed by atoms with Gasteiger partial charge in [-0.2, -0.15) is 5.26 Å². The van der Waals surface area contributed by atoms with Crippen LogP contribution in [0.1, 0.15) is 37.4 Å². The van der Waals surface area contributed by atoms with Crippen molar-refractivity contribution >= 4 is 29.0 Å². The Hall–Kier alpha value is -2.23. The number of methoxy groups -OCH3 is 1. The van der Waals surface area contributed by atoms with Crippen molar-refractivity contribution in [1.29, 1.82) is 5.26 Å². The number of anilines is 1. The van der Waals surface area contributed by atoms with Gasteiger partial charge in [0.25, 0.3) is 0 Å². The monoisotopic (exact) mass is 327 g/mol. The first kappa shape index (κ1) is 13.1. The third kappa shape index (κ3) is 2.41. The molecule has 6 heteroatoms. The minimum Gasteiger partial charge on any atom is -0.495 e. The third-order valence-electron chi connectivity index (χ3n) is 4.85. The van der Waals surface area contributed by atoms with Crippen LogP contribution in [0.2, 0.25) is 0 Å². The van der Waals surface area contributed by atoms with Crippen molar-refractivity contribution in [2.75, 3.05) is 12.8 Å². The van der Waals surface area contributed by atoms with Gasteiger partial charge in [0, 0.05) is 11.1 Å². The van der Waals surface area contributed by atoms with Crippen molar-refractivity contribution in [2.45, 2.75) is 38.9 Å². The van der Waals surface area contributed by atoms with Gasteiger partial charge in [-0.15, -0.1) is 0 Å². The molecule has 5 nitrogen and oxygen atoms in total. The van der Waals surface area contributed by atoms with E-state index in [1.807, 2.05) is 33.8 Å². The Bertz CT molecular complexity index is 935. The topological polar surface area (TPSA) is 77.5 Å². The third-order valence-corrected chi connectivity index (χ3v) is 4.85. The molecular weight excluding hydrogens is 303 g/mol. The maximum atomic E-state index is 9.45. The second-order valence-electron chi connectivity index (χ2n) is 6.95. The molecule has 0 saturated carbocycles. The van der Waals surface area contributed by atoms with Crippen molar-refractivity contribution in [2.24, 2.45) is 0 Å². The first-order valence-corrected chi connectivity index (χ1v) is 7.65. The maximum absolute atomic E-state index is 9.45. The van der Waals surface area contributed by atoms with Gasteiger partial charge < -0.3 is 19.8 Å². The maximum Gasteiger partial charge on any atom is 0.495 e. The predicted molar refractivity (Wildman–Crippen MR) is 95.3 cm³/mol. The summed E-state index contributed by atoms with van der Waals surface area (Å²) >= 11 is 0. The summed E-state index contributed by atoms with van der Waals surface area (Å²) in [4.78, 5) is 0. The summed E-state index contributed by atoms with van der Waals surface area (Å²) in [5, 5.41) is 10.5. The van der Waals surface area contributed by atoms with E-state index in [-0.39, 0.29) is 11.3 Å². The molecule has 2 N–H and O–H groups in total. The number of hydrogen-bond acceptors (Lipinski definition) is 5. The highest BCUT2D eigenvalue weighted by Gasteiger charge is 2.52. The van der Waals surface area contributed by atoms with Crippen LogP contribution in [0.5, 0.6) is 5.75 Å². The summed E-state index contributed by atoms with van der Waals surface area (Å²) in [5.74, 6) is -0.0280. The number of rotatable bonds is 2. The Kier molecular flexibility index (Phi) is 2.95. The quantitative estimate of drug-likeness (QED) is 0.678. The van der Waals surface area contributed by atoms with Crippen molar-refractivity contribution in [3.8, 4) is 11.8 Å². The summed E-state index contributed by atoms with van der Waals surface area (Å²) in [6.07, 6.45) is 0. The molecule has 0 bridgehead atoms. The molecule has 0 atom stereocenters. The largest absolute Gasteiger partial charge is 0.495 e. The highest BCUT2D eigenvalue weighted by molar-refractivity contribution is 6.65. The number of nitrogens with two attached hydrogens (primary N) is 1. The van der Waals surface area contributed by atoms with Crippen LogP contribution >= 0.6 is 0 Å². The number of benzene rings is 2. The Morgan fingerprint density at radius 2 is 1.88 bits per heavy atom. The zero-order valence-corrected chi connectivity index (χ0v) is 14.1. The van der Waals surface area contributed by atoms with Crippen LogP contribution in [-0.4, -0.2) is 25.4 Å². The van der Waals surface area contributed by atoms with Crippen LogP contribution < -0.4 is 15.9 Å². The van der Waals surface area contributed by atoms with Crippen LogP contribution in [-0.2, 0) is 9.31 Å². The molecule has 2 aromatic rings. The molecule has 1 saturated heterocycles. The molecule has 0 radical (unpaired) electrons. The summed E-state index contributed by atoms with van der Waals surface area (Å²) in [7, 11) is -3.50. The lowest BCUT2D eigenvalue weighted by atomic mass is 9.75. The average Bonchev–Trinajstić information content (AvgIpc) is 2.73. The first-order chi connectivity index (χ1) is 12.3. The Morgan fingerprint density at radius 3 is 2.46 bits per heavy atom. The summed E-state index contributed by atoms with van der Waals surface area (Å²) < 4.78 is 39.9. The van der Waals surface area contributed by atoms with Crippen LogP contribution in [0.3, 0.4) is 0 Å². The zero-order chi connectivity index (χ0) is 20.2. The fourth-order valence-electron chi connectivity index (χ4n) is 2.84. The molecule has 1 fully saturated rings. The number of fused-ring (bicyclic) bond motifs is 1. The normalized spacial score (nSPS) is 21.0. The fraction of sp³-hybridized carbons (Fsp3) is 0.389. The Morgan fingerprint density at radius 1 is 1.21 bits per heavy atom. The number of nitrogens with zero attached hydrogens (tertiary/aromatic N) is 1. The van der Waals surface area contributed by atoms with Crippen molar-refractivity contribution in [3.63, 3.8) is 0 Å². The van der Waals surface area contributed by atoms with E-state index in [1.165, 1.54) is 6.07 Å². The fourth-order valence-corrected chi connectivity index (χ4v) is 2.84. The van der Waals surface area contributed by atoms with E-state index in [2.05, 4.69) is 0 Å². The molecule has 0 spiro atoms. The van der Waals surface area contributed by atoms with E-state index in [9.17, 15) is 5.26 Å². The molecular formula is C18H21BN2O3. The smallest absolute Gasteiger partial charge is 0.495 e. The van der Waals surface area contributed by atoms with Gasteiger partial charge in [0.2, 0.25) is 0 Å². The number of nitriles is 1. The summed E-state index contributed by atoms with van der Waals surface area (Å²) in [5.41, 5.74) is 5.97. The van der Waals surface area contributed by atoms with Crippen molar-refractivity contribution in [1.82, 2.24) is 0 Å². The van der Waals surface area contributed by atoms with Gasteiger partial charge in [0.15, 0.2) is 0 Å². The van der Waals surface area contributed by atoms with E-state index < -0.39 is 25.4 Å². The molecule has 2 aromatic carbocycles. The highest BCUT2D eigenvalue weighted by atomic mass is 16.7. The van der Waals surface area contributed by atoms with E-state index in [0.29, 0.717) is 21.9 Å². The van der Waals surface area contributed by atoms with Crippen molar-refractivity contribution < 1.29 is 18.2 Å². The number of ether oxygens (including phenoxy) is 1. The second-order valence-corrected chi connectivity index (χ2v) is 6.95. The van der Waals surface area contributed by atoms with E-state index >= 15 is 0 Å². The molecule has 0 amide bonds. The Labute approximate surface area is 146 Å². The minimum absolute atomic E-state index is 0.0280. The van der Waals surface area contributed by atoms with Gasteiger partial charge in [-0.25, -0.2) is 0 Å². The molecule has 124 valence electrons. The van der Waals surface area contributed by atoms with Crippen LogP contribution in [0.15, 0.2) is 24.3 Å². The molecule has 1 aliphatic heterocycles. The van der Waals surface area contributed by atoms with E-state index in [1.54, 1.807) is 18.2 Å². The molecule has 3 rings (SSSR count). The first-order valence-electron chi connectivity index (χ1n) is 9.15. The lowest BCUT2D eigenvalue weighted by Crippen LogP contribution is -2.41. The SMILES string of the molecule is [2H]C([2H])([2H])Oc1c(C#N)ccc2cc(N)cc(B3OC(C)(C)C(C)(C)O3)c12. The standard InChI is InChI=1S/C18H21BN2O3/c1-17(2)18(3,4)24-19(23-17)14-9-13(21)8-11-6-7-12(10-20)16(22-5)15(11)14/h6-9H,21H2,1-5H3/i5D3. The average molecular weight is 327 g/mol. The zero-order valence-electron chi connectivity index (χ0n) is 17.1. The molecule has 1 heterocycles. The lowest BCUT2D eigenvalue weighted by molar-refractivity contribution is 0.00578. The van der Waals surface area contributed by atoms with Crippen LogP contribution in [0.4, 0.5) is 5.69 Å². The molecule has 24 heavy (non-hydrogen) atoms. The number of hydrogen-bond donors (Lipinski definition) is 1. The van der Waals surface area contributed by atoms with Gasteiger partial charge >= 0.3 is 7.12 Å². The predicted octanol–water partition coefficient (Wildman–Crippen LogP) is 2.60. The van der Waals surface area contributed by atoms with Gasteiger partial charge in [-0.3, -0.25) is 0 Å². The van der Waals surface area contributed by atoms with Gasteiger partial charge in [0.1, 0.15) is 11.8 Å². The summed E-state index contributed by atoms with van der Waals surface area (Å²) in [6.45, 7) is 7.67. The van der Waals surface area contributed by atoms with E-state index in [0.717, 1.165) is 0 Å². The van der Waals surface area contributed by atoms with Crippen molar-refractivity contribution in [3.05, 3.63) is 29.8 Å². The summed E-state index contributed by atoms with van der Waals surface area (Å²) in [6, 6.07) is 8.55. The van der Waals surface area contributed by atoms with Gasteiger partial charge in [-0.1, -0.05) is 6.07 Å². The van der Waals surface area contributed by atoms with Gasteiger partial charge in [0.05, 0.1) is 27.9 Å². The lowest BCUT2D eigenvalue weighted by Gasteiger charge is -2.32. The molecule has 0 aliphatic carbocycles.